The van der Waals surface area contributed by atoms with Crippen LogP contribution in [-0.2, 0) is 9.53 Å². The lowest BCUT2D eigenvalue weighted by molar-refractivity contribution is -0.873. The van der Waals surface area contributed by atoms with Crippen molar-refractivity contribution in [3.8, 4) is 0 Å². The van der Waals surface area contributed by atoms with Gasteiger partial charge in [0.25, 0.3) is 0 Å². The van der Waals surface area contributed by atoms with Crippen molar-refractivity contribution < 1.29 is 24.2 Å². The molecule has 0 saturated heterocycles. The first-order valence-electron chi connectivity index (χ1n) is 11.6. The molecule has 0 radical (unpaired) electrons. The van der Waals surface area contributed by atoms with Crippen LogP contribution in [0.1, 0.15) is 96.8 Å². The summed E-state index contributed by atoms with van der Waals surface area (Å²) in [6.07, 6.45) is 15.2. The minimum absolute atomic E-state index is 0.0181. The van der Waals surface area contributed by atoms with E-state index in [0.717, 1.165) is 12.8 Å². The molecule has 168 valence electrons. The fourth-order valence-electron chi connectivity index (χ4n) is 3.54. The van der Waals surface area contributed by atoms with E-state index in [1.807, 2.05) is 21.1 Å². The maximum absolute atomic E-state index is 11.0. The summed E-state index contributed by atoms with van der Waals surface area (Å²) >= 11 is 0. The zero-order chi connectivity index (χ0) is 21.3. The lowest BCUT2D eigenvalue weighted by Gasteiger charge is -2.28. The molecule has 0 aromatic rings. The van der Waals surface area contributed by atoms with Crippen LogP contribution in [0.25, 0.3) is 0 Å². The van der Waals surface area contributed by atoms with Gasteiger partial charge in [-0.1, -0.05) is 77.6 Å². The van der Waals surface area contributed by atoms with Gasteiger partial charge in [0.15, 0.2) is 0 Å². The largest absolute Gasteiger partial charge is 0.481 e. The lowest BCUT2D eigenvalue weighted by Crippen LogP contribution is -2.43. The third kappa shape index (κ3) is 20.1. The van der Waals surface area contributed by atoms with Gasteiger partial charge >= 0.3 is 5.97 Å². The van der Waals surface area contributed by atoms with Crippen molar-refractivity contribution in [3.05, 3.63) is 0 Å². The number of carboxylic acid groups (broad SMARTS) is 1. The Hall–Kier alpha value is -0.650. The standard InChI is InChI=1S/C23H47NO4/c1-5-6-7-8-9-10-11-12-13-14-15-16-21(25)17-18-28-22(19-23(26)27)20-24(2,3)4/h21-22,25H,5-20H2,1-4H3/p+1. The Morgan fingerprint density at radius 1 is 0.857 bits per heavy atom. The number of aliphatic hydroxyl groups is 1. The monoisotopic (exact) mass is 402 g/mol. The second kappa shape index (κ2) is 17.2. The first-order chi connectivity index (χ1) is 13.2. The fraction of sp³-hybridized carbons (Fsp3) is 0.957. The molecule has 0 aliphatic rings. The summed E-state index contributed by atoms with van der Waals surface area (Å²) in [4.78, 5) is 11.0. The predicted octanol–water partition coefficient (Wildman–Crippen LogP) is 5.00. The average Bonchev–Trinajstić information content (AvgIpc) is 2.57. The van der Waals surface area contributed by atoms with Crippen LogP contribution in [0.2, 0.25) is 0 Å². The molecule has 2 atom stereocenters. The van der Waals surface area contributed by atoms with Gasteiger partial charge in [-0.2, -0.15) is 0 Å². The number of hydrogen-bond acceptors (Lipinski definition) is 3. The quantitative estimate of drug-likeness (QED) is 0.222. The SMILES string of the molecule is CCCCCCCCCCCCCC(O)CCOC(CC(=O)O)C[N+](C)(C)C. The van der Waals surface area contributed by atoms with E-state index < -0.39 is 5.97 Å². The topological polar surface area (TPSA) is 66.8 Å². The van der Waals surface area contributed by atoms with E-state index >= 15 is 0 Å². The molecule has 0 spiro atoms. The Balaban J connectivity index is 3.62. The molecule has 0 amide bonds. The van der Waals surface area contributed by atoms with Crippen LogP contribution in [0, 0.1) is 0 Å². The third-order valence-electron chi connectivity index (χ3n) is 5.10. The molecule has 0 aliphatic carbocycles. The van der Waals surface area contributed by atoms with Crippen molar-refractivity contribution in [2.24, 2.45) is 0 Å². The number of nitrogens with zero attached hydrogens (tertiary/aromatic N) is 1. The maximum atomic E-state index is 11.0. The maximum Gasteiger partial charge on any atom is 0.306 e. The van der Waals surface area contributed by atoms with E-state index in [9.17, 15) is 9.90 Å². The van der Waals surface area contributed by atoms with Crippen molar-refractivity contribution in [2.75, 3.05) is 34.3 Å². The highest BCUT2D eigenvalue weighted by Crippen LogP contribution is 2.14. The molecule has 0 aliphatic heterocycles. The molecule has 0 saturated carbocycles. The molecule has 0 rings (SSSR count). The minimum Gasteiger partial charge on any atom is -0.481 e. The first-order valence-corrected chi connectivity index (χ1v) is 11.6. The summed E-state index contributed by atoms with van der Waals surface area (Å²) in [5, 5.41) is 19.1. The van der Waals surface area contributed by atoms with Gasteiger partial charge in [-0.05, 0) is 12.8 Å². The van der Waals surface area contributed by atoms with Crippen LogP contribution < -0.4 is 0 Å². The van der Waals surface area contributed by atoms with Gasteiger partial charge < -0.3 is 19.4 Å². The lowest BCUT2D eigenvalue weighted by atomic mass is 10.0. The molecule has 2 N–H and O–H groups in total. The van der Waals surface area contributed by atoms with Gasteiger partial charge in [0, 0.05) is 6.61 Å². The second-order valence-electron chi connectivity index (χ2n) is 9.33. The fourth-order valence-corrected chi connectivity index (χ4v) is 3.54. The molecule has 0 bridgehead atoms. The molecule has 0 fully saturated rings. The molecule has 0 aromatic carbocycles. The highest BCUT2D eigenvalue weighted by Gasteiger charge is 2.21. The summed E-state index contributed by atoms with van der Waals surface area (Å²) in [7, 11) is 6.08. The smallest absolute Gasteiger partial charge is 0.306 e. The number of carboxylic acids is 1. The minimum atomic E-state index is -0.833. The Labute approximate surface area is 174 Å². The molecule has 0 heterocycles. The van der Waals surface area contributed by atoms with E-state index in [1.165, 1.54) is 64.2 Å². The van der Waals surface area contributed by atoms with E-state index in [-0.39, 0.29) is 18.6 Å². The first kappa shape index (κ1) is 27.4. The molecule has 28 heavy (non-hydrogen) atoms. The number of aliphatic hydroxyl groups excluding tert-OH is 1. The molecule has 2 unspecified atom stereocenters. The van der Waals surface area contributed by atoms with Crippen LogP contribution in [0.4, 0.5) is 0 Å². The summed E-state index contributed by atoms with van der Waals surface area (Å²) in [6, 6.07) is 0. The van der Waals surface area contributed by atoms with E-state index in [2.05, 4.69) is 6.92 Å². The van der Waals surface area contributed by atoms with Crippen LogP contribution in [0.5, 0.6) is 0 Å². The van der Waals surface area contributed by atoms with Crippen molar-refractivity contribution in [2.45, 2.75) is 109 Å². The number of rotatable bonds is 20. The van der Waals surface area contributed by atoms with Crippen LogP contribution in [0.15, 0.2) is 0 Å². The number of ether oxygens (including phenoxy) is 1. The van der Waals surface area contributed by atoms with Gasteiger partial charge in [-0.15, -0.1) is 0 Å². The van der Waals surface area contributed by atoms with Crippen molar-refractivity contribution in [1.29, 1.82) is 0 Å². The number of unbranched alkanes of at least 4 members (excludes halogenated alkanes) is 10. The predicted molar refractivity (Wildman–Crippen MR) is 117 cm³/mol. The number of aliphatic carboxylic acids is 1. The number of carbonyl (C=O) groups is 1. The van der Waals surface area contributed by atoms with Gasteiger partial charge in [-0.3, -0.25) is 4.79 Å². The molecule has 5 nitrogen and oxygen atoms in total. The second-order valence-corrected chi connectivity index (χ2v) is 9.33. The van der Waals surface area contributed by atoms with Gasteiger partial charge in [0.2, 0.25) is 0 Å². The van der Waals surface area contributed by atoms with Crippen LogP contribution in [-0.4, -0.2) is 67.2 Å². The van der Waals surface area contributed by atoms with Crippen molar-refractivity contribution in [1.82, 2.24) is 0 Å². The highest BCUT2D eigenvalue weighted by molar-refractivity contribution is 5.67. The Bertz CT molecular complexity index is 368. The van der Waals surface area contributed by atoms with E-state index in [4.69, 9.17) is 9.84 Å². The number of likely N-dealkylation sites (N-methyl/N-ethyl adjacent to an activating group) is 1. The third-order valence-corrected chi connectivity index (χ3v) is 5.10. The average molecular weight is 403 g/mol. The Kier molecular flexibility index (Phi) is 16.8. The zero-order valence-corrected chi connectivity index (χ0v) is 19.1. The Morgan fingerprint density at radius 3 is 1.82 bits per heavy atom. The Morgan fingerprint density at radius 2 is 1.36 bits per heavy atom. The summed E-state index contributed by atoms with van der Waals surface area (Å²) < 4.78 is 6.42. The van der Waals surface area contributed by atoms with Crippen LogP contribution in [0.3, 0.4) is 0 Å². The summed E-state index contributed by atoms with van der Waals surface area (Å²) in [6.45, 7) is 3.34. The van der Waals surface area contributed by atoms with Gasteiger partial charge in [0.05, 0.1) is 33.7 Å². The van der Waals surface area contributed by atoms with Crippen molar-refractivity contribution in [3.63, 3.8) is 0 Å². The molecule has 0 aromatic heterocycles. The van der Waals surface area contributed by atoms with Crippen LogP contribution >= 0.6 is 0 Å². The normalized spacial score (nSPS) is 14.2. The zero-order valence-electron chi connectivity index (χ0n) is 19.1. The summed E-state index contributed by atoms with van der Waals surface area (Å²) in [5.74, 6) is -0.833. The number of quaternary nitrogens is 1. The van der Waals surface area contributed by atoms with E-state index in [0.29, 0.717) is 24.1 Å². The van der Waals surface area contributed by atoms with Gasteiger partial charge in [-0.25, -0.2) is 0 Å². The molecular formula is C23H48NO4+. The van der Waals surface area contributed by atoms with E-state index in [1.54, 1.807) is 0 Å². The highest BCUT2D eigenvalue weighted by atomic mass is 16.5. The summed E-state index contributed by atoms with van der Waals surface area (Å²) in [5.41, 5.74) is 0. The molecule has 5 heteroatoms. The molecular weight excluding hydrogens is 354 g/mol. The number of hydrogen-bond donors (Lipinski definition) is 2. The van der Waals surface area contributed by atoms with Crippen molar-refractivity contribution >= 4 is 5.97 Å². The van der Waals surface area contributed by atoms with Gasteiger partial charge in [0.1, 0.15) is 12.6 Å².